The van der Waals surface area contributed by atoms with Crippen LogP contribution in [0.15, 0.2) is 54.6 Å². The Hall–Kier alpha value is -1.30. The predicted molar refractivity (Wildman–Crippen MR) is 125 cm³/mol. The number of ether oxygens (including phenoxy) is 1. The number of nitrogens with zero attached hydrogens (tertiary/aromatic N) is 1. The van der Waals surface area contributed by atoms with Gasteiger partial charge in [0.25, 0.3) is 0 Å². The molecule has 0 amide bonds. The van der Waals surface area contributed by atoms with Gasteiger partial charge in [-0.2, -0.15) is 0 Å². The minimum atomic E-state index is 0. The molecule has 2 saturated heterocycles. The van der Waals surface area contributed by atoms with Crippen molar-refractivity contribution < 1.29 is 4.74 Å². The second-order valence-electron chi connectivity index (χ2n) is 7.64. The molecule has 0 aromatic heterocycles. The predicted octanol–water partition coefficient (Wildman–Crippen LogP) is 4.52. The van der Waals surface area contributed by atoms with E-state index in [1.54, 1.807) is 0 Å². The fourth-order valence-electron chi connectivity index (χ4n) is 4.37. The van der Waals surface area contributed by atoms with Gasteiger partial charge < -0.3 is 15.4 Å². The Kier molecular flexibility index (Phi) is 10.3. The first kappa shape index (κ1) is 24.0. The van der Waals surface area contributed by atoms with Crippen molar-refractivity contribution in [3.8, 4) is 0 Å². The van der Waals surface area contributed by atoms with Crippen LogP contribution in [-0.2, 0) is 11.3 Å². The molecule has 0 unspecified atom stereocenters. The molecule has 0 saturated carbocycles. The van der Waals surface area contributed by atoms with E-state index in [9.17, 15) is 0 Å². The van der Waals surface area contributed by atoms with Gasteiger partial charge in [-0.3, -0.25) is 4.90 Å². The van der Waals surface area contributed by atoms with Crippen LogP contribution in [0.25, 0.3) is 0 Å². The zero-order valence-electron chi connectivity index (χ0n) is 16.9. The van der Waals surface area contributed by atoms with Crippen LogP contribution in [0.4, 0.5) is 5.69 Å². The van der Waals surface area contributed by atoms with Crippen molar-refractivity contribution in [2.45, 2.75) is 25.4 Å². The van der Waals surface area contributed by atoms with Crippen molar-refractivity contribution in [2.75, 3.05) is 44.7 Å². The molecular formula is C23H33Cl2N3O. The van der Waals surface area contributed by atoms with Gasteiger partial charge in [0.05, 0.1) is 0 Å². The summed E-state index contributed by atoms with van der Waals surface area (Å²) in [5.74, 6) is 0.694. The summed E-state index contributed by atoms with van der Waals surface area (Å²) in [7, 11) is 0. The molecule has 2 fully saturated rings. The van der Waals surface area contributed by atoms with Gasteiger partial charge in [0.2, 0.25) is 0 Å². The van der Waals surface area contributed by atoms with E-state index in [0.29, 0.717) is 12.0 Å². The van der Waals surface area contributed by atoms with Gasteiger partial charge in [-0.05, 0) is 42.0 Å². The van der Waals surface area contributed by atoms with Crippen molar-refractivity contribution in [2.24, 2.45) is 5.92 Å². The SMILES string of the molecule is Cl.Cl.c1ccc(CNc2ccc([C@@H](C3CCOCC3)N3CCNCC3)cc2)cc1. The van der Waals surface area contributed by atoms with Crippen LogP contribution in [-0.4, -0.2) is 44.3 Å². The average molecular weight is 438 g/mol. The maximum atomic E-state index is 5.63. The van der Waals surface area contributed by atoms with E-state index in [0.717, 1.165) is 45.9 Å². The molecule has 0 spiro atoms. The molecule has 160 valence electrons. The first-order chi connectivity index (χ1) is 13.4. The first-order valence-corrected chi connectivity index (χ1v) is 10.3. The summed E-state index contributed by atoms with van der Waals surface area (Å²) in [4.78, 5) is 2.68. The van der Waals surface area contributed by atoms with Crippen LogP contribution in [0.2, 0.25) is 0 Å². The molecule has 2 heterocycles. The molecule has 2 aliphatic heterocycles. The van der Waals surface area contributed by atoms with Crippen molar-refractivity contribution >= 4 is 30.5 Å². The lowest BCUT2D eigenvalue weighted by Gasteiger charge is -2.41. The highest BCUT2D eigenvalue weighted by molar-refractivity contribution is 5.85. The third-order valence-electron chi connectivity index (χ3n) is 5.85. The maximum absolute atomic E-state index is 5.63. The minimum absolute atomic E-state index is 0. The van der Waals surface area contributed by atoms with Crippen LogP contribution < -0.4 is 10.6 Å². The highest BCUT2D eigenvalue weighted by atomic mass is 35.5. The Morgan fingerprint density at radius 2 is 1.59 bits per heavy atom. The molecule has 6 heteroatoms. The van der Waals surface area contributed by atoms with Gasteiger partial charge >= 0.3 is 0 Å². The van der Waals surface area contributed by atoms with Crippen LogP contribution in [0.5, 0.6) is 0 Å². The summed E-state index contributed by atoms with van der Waals surface area (Å²) in [6, 6.07) is 20.2. The lowest BCUT2D eigenvalue weighted by Crippen LogP contribution is -2.47. The summed E-state index contributed by atoms with van der Waals surface area (Å²) >= 11 is 0. The van der Waals surface area contributed by atoms with Crippen molar-refractivity contribution in [1.29, 1.82) is 0 Å². The topological polar surface area (TPSA) is 36.5 Å². The van der Waals surface area contributed by atoms with E-state index in [2.05, 4.69) is 70.1 Å². The number of rotatable bonds is 6. The third kappa shape index (κ3) is 6.59. The van der Waals surface area contributed by atoms with E-state index >= 15 is 0 Å². The average Bonchev–Trinajstić information content (AvgIpc) is 2.76. The lowest BCUT2D eigenvalue weighted by molar-refractivity contribution is 0.0213. The van der Waals surface area contributed by atoms with E-state index < -0.39 is 0 Å². The van der Waals surface area contributed by atoms with Crippen LogP contribution in [0.3, 0.4) is 0 Å². The summed E-state index contributed by atoms with van der Waals surface area (Å²) in [6.45, 7) is 7.13. The molecule has 4 rings (SSSR count). The van der Waals surface area contributed by atoms with Gasteiger partial charge in [0.15, 0.2) is 0 Å². The molecule has 2 aromatic rings. The highest BCUT2D eigenvalue weighted by Gasteiger charge is 2.31. The fraction of sp³-hybridized carbons (Fsp3) is 0.478. The number of benzene rings is 2. The molecule has 2 N–H and O–H groups in total. The Morgan fingerprint density at radius 1 is 0.931 bits per heavy atom. The number of anilines is 1. The van der Waals surface area contributed by atoms with Gasteiger partial charge in [-0.15, -0.1) is 24.8 Å². The Labute approximate surface area is 187 Å². The number of nitrogens with one attached hydrogen (secondary N) is 2. The second kappa shape index (κ2) is 12.4. The number of hydrogen-bond donors (Lipinski definition) is 2. The Bertz CT molecular complexity index is 669. The van der Waals surface area contributed by atoms with Crippen LogP contribution >= 0.6 is 24.8 Å². The monoisotopic (exact) mass is 437 g/mol. The van der Waals surface area contributed by atoms with Crippen molar-refractivity contribution in [3.63, 3.8) is 0 Å². The zero-order valence-corrected chi connectivity index (χ0v) is 18.5. The molecule has 2 aromatic carbocycles. The minimum Gasteiger partial charge on any atom is -0.381 e. The Balaban J connectivity index is 0.00000150. The smallest absolute Gasteiger partial charge is 0.0469 e. The summed E-state index contributed by atoms with van der Waals surface area (Å²) in [6.07, 6.45) is 2.34. The summed E-state index contributed by atoms with van der Waals surface area (Å²) in [5.41, 5.74) is 3.95. The first-order valence-electron chi connectivity index (χ1n) is 10.3. The third-order valence-corrected chi connectivity index (χ3v) is 5.85. The van der Waals surface area contributed by atoms with E-state index in [4.69, 9.17) is 4.74 Å². The largest absolute Gasteiger partial charge is 0.381 e. The van der Waals surface area contributed by atoms with Crippen molar-refractivity contribution in [1.82, 2.24) is 10.2 Å². The number of hydrogen-bond acceptors (Lipinski definition) is 4. The van der Waals surface area contributed by atoms with Gasteiger partial charge in [-0.25, -0.2) is 0 Å². The molecule has 1 atom stereocenters. The molecule has 29 heavy (non-hydrogen) atoms. The summed E-state index contributed by atoms with van der Waals surface area (Å²) in [5, 5.41) is 7.03. The van der Waals surface area contributed by atoms with Crippen LogP contribution in [0, 0.1) is 5.92 Å². The normalized spacial score (nSPS) is 18.9. The molecule has 0 bridgehead atoms. The van der Waals surface area contributed by atoms with E-state index in [1.807, 2.05) is 0 Å². The van der Waals surface area contributed by atoms with Crippen LogP contribution in [0.1, 0.15) is 30.0 Å². The lowest BCUT2D eigenvalue weighted by atomic mass is 9.85. The van der Waals surface area contributed by atoms with Gasteiger partial charge in [0, 0.05) is 57.7 Å². The van der Waals surface area contributed by atoms with Gasteiger partial charge in [0.1, 0.15) is 0 Å². The summed E-state index contributed by atoms with van der Waals surface area (Å²) < 4.78 is 5.63. The molecule has 4 nitrogen and oxygen atoms in total. The van der Waals surface area contributed by atoms with Gasteiger partial charge in [-0.1, -0.05) is 42.5 Å². The molecule has 2 aliphatic rings. The quantitative estimate of drug-likeness (QED) is 0.696. The van der Waals surface area contributed by atoms with E-state index in [-0.39, 0.29) is 24.8 Å². The Morgan fingerprint density at radius 3 is 2.24 bits per heavy atom. The zero-order chi connectivity index (χ0) is 18.3. The molecule has 0 radical (unpaired) electrons. The molecule has 0 aliphatic carbocycles. The standard InChI is InChI=1S/C23H31N3O.2ClH/c1-2-4-19(5-3-1)18-25-22-8-6-20(7-9-22)23(21-10-16-27-17-11-21)26-14-12-24-13-15-26;;/h1-9,21,23-25H,10-18H2;2*1H/t23-;;/m0../s1. The maximum Gasteiger partial charge on any atom is 0.0469 e. The highest BCUT2D eigenvalue weighted by Crippen LogP contribution is 2.35. The fourth-order valence-corrected chi connectivity index (χ4v) is 4.37. The van der Waals surface area contributed by atoms with E-state index in [1.165, 1.54) is 29.7 Å². The number of piperazine rings is 1. The second-order valence-corrected chi connectivity index (χ2v) is 7.64. The number of halogens is 2. The molecular weight excluding hydrogens is 405 g/mol. The van der Waals surface area contributed by atoms with Crippen molar-refractivity contribution in [3.05, 3.63) is 65.7 Å².